The quantitative estimate of drug-likeness (QED) is 0.0305. The predicted octanol–water partition coefficient (Wildman–Crippen LogP) is 5.68. The lowest BCUT2D eigenvalue weighted by atomic mass is 9.75. The molecular weight excluding hydrogens is 1520 g/mol. The average molecular weight is 1640 g/mol. The van der Waals surface area contributed by atoms with E-state index in [9.17, 15) is 58.8 Å². The van der Waals surface area contributed by atoms with Gasteiger partial charge in [0.15, 0.2) is 11.3 Å². The molecule has 0 radical (unpaired) electrons. The number of aryl methyl sites for hydroxylation is 4. The van der Waals surface area contributed by atoms with Gasteiger partial charge in [0.25, 0.3) is 30.8 Å². The summed E-state index contributed by atoms with van der Waals surface area (Å²) in [5.74, 6) is 0.376. The molecule has 0 amide bonds. The molecule has 5 aliphatic heterocycles. The number of thiocarbonyl (C=S) groups is 1. The van der Waals surface area contributed by atoms with Crippen molar-refractivity contribution in [3.63, 3.8) is 0 Å². The van der Waals surface area contributed by atoms with Crippen LogP contribution in [0.4, 0.5) is 0 Å². The summed E-state index contributed by atoms with van der Waals surface area (Å²) in [4.78, 5) is 115. The minimum atomic E-state index is -1.52. The molecule has 114 heavy (non-hydrogen) atoms. The standard InChI is InChI=1S/C22H35N4O5P.C14H20N2O5.C14H20N2O4.C13H18N2O4.C7H6N4S.C5H10O.2CH4O/c1-15(2)26(16(3)4)32(29-12-11-23-6)31-22-10-8-7-9-18(22)30-19(13-22)25-14-17(5)20(27)24-21(25)28;1-7-4-3-5-14(20)9(17)12(21-10(7)14)16-6-8(2)11(18)15-13(16)19;1-8-4-3-5-14(19)6-10(20-11(8)14)16-7-9(2)12(17)15-13(16)18;1-8-7-15(12(17)14-11(8)16)10-6-13(18)5-3-2-4-9(13)19-10;12-7(10-3-1-8-5-10)11-4-2-9-6-11;1-5-3-2-4-6-5;2*1-2/h14-16,18-19H,7-13H2,1-5H3,(H,24,27,28);6-7,9-10,12,17,20H,3-5H2,1-2H3,(H,15,18,19);7-8,10-11,19H,3-6H2,1-2H3,(H,15,17,18);7,9-10,18H,2-6H2,1H3,(H,14,16,17);1-6H;5H,2-4H2,1H3;2*2H,1H3/t18-,19+,22+,32?;7-,9-,10-,12+,14+;8-,10+,11-,14+;9-,10+,13+;;;;/m0000..../s1/i9D;;;4D;;;2*2T/t9-,18+,19-,22-,32?;;;4-,9+,10-,13-;;;;/m1..1..... The van der Waals surface area contributed by atoms with Crippen molar-refractivity contribution in [2.45, 2.75) is 294 Å². The lowest BCUT2D eigenvalue weighted by molar-refractivity contribution is -0.118. The fourth-order valence-electron chi connectivity index (χ4n) is 16.1. The maximum atomic E-state index is 12.5. The molecule has 632 valence electrons. The van der Waals surface area contributed by atoms with Crippen molar-refractivity contribution in [1.29, 1.82) is 2.86 Å². The number of nitrogens with one attached hydrogen (secondary N) is 4. The molecule has 2 unspecified atom stereocenters. The van der Waals surface area contributed by atoms with Crippen LogP contribution >= 0.6 is 20.7 Å². The second-order valence-corrected chi connectivity index (χ2v) is 32.6. The third-order valence-corrected chi connectivity index (χ3v) is 24.5. The van der Waals surface area contributed by atoms with E-state index < -0.39 is 132 Å². The fourth-order valence-corrected chi connectivity index (χ4v) is 18.1. The molecule has 11 heterocycles. The molecule has 37 heteroatoms. The molecule has 5 saturated heterocycles. The molecule has 6 aromatic heterocycles. The maximum Gasteiger partial charge on any atom is 0.330 e. The van der Waals surface area contributed by atoms with Crippen LogP contribution < -0.4 is 45.0 Å². The van der Waals surface area contributed by atoms with E-state index in [1.54, 1.807) is 74.3 Å². The molecule has 35 nitrogen and oxygen atoms in total. The van der Waals surface area contributed by atoms with Crippen molar-refractivity contribution >= 4 is 25.9 Å². The van der Waals surface area contributed by atoms with E-state index in [2.05, 4.69) is 91.2 Å². The summed E-state index contributed by atoms with van der Waals surface area (Å²) in [5.41, 5.74) is -6.28. The minimum absolute atomic E-state index is 0.1000. The van der Waals surface area contributed by atoms with Gasteiger partial charge in [-0.3, -0.25) is 66.5 Å². The Hall–Kier alpha value is -7.41. The molecule has 9 aliphatic rings. The first kappa shape index (κ1) is 85.9. The van der Waals surface area contributed by atoms with Crippen LogP contribution in [0.15, 0.2) is 101 Å². The van der Waals surface area contributed by atoms with Crippen molar-refractivity contribution in [3.05, 3.63) is 179 Å². The van der Waals surface area contributed by atoms with Gasteiger partial charge in [0.2, 0.25) is 9.41 Å². The third kappa shape index (κ3) is 21.9. The molecule has 10 N–H and O–H groups in total. The Morgan fingerprint density at radius 3 is 1.54 bits per heavy atom. The van der Waals surface area contributed by atoms with Crippen molar-refractivity contribution in [3.8, 4) is 0 Å². The van der Waals surface area contributed by atoms with Crippen LogP contribution in [0.1, 0.15) is 220 Å². The first-order chi connectivity index (χ1) is 55.8. The Morgan fingerprint density at radius 1 is 0.640 bits per heavy atom. The van der Waals surface area contributed by atoms with Gasteiger partial charge in [-0.25, -0.2) is 40.4 Å². The number of nitrogens with zero attached hydrogens (tertiary/aromatic N) is 10. The molecule has 6 aromatic rings. The highest BCUT2D eigenvalue weighted by Gasteiger charge is 2.59. The number of fused-ring (bicyclic) bond motifs is 4. The number of H-pyrrole nitrogens is 4. The average Bonchev–Trinajstić information content (AvgIpc) is 1.61. The highest BCUT2D eigenvalue weighted by molar-refractivity contribution is 7.80. The monoisotopic (exact) mass is 1640 g/mol. The summed E-state index contributed by atoms with van der Waals surface area (Å²) in [6, 6.07) is 0.300. The Balaban J connectivity index is 0.000000182. The molecule has 4 saturated carbocycles. The molecule has 15 rings (SSSR count). The number of aromatic nitrogens is 12. The molecule has 19 atom stereocenters. The normalized spacial score (nSPS) is 31.6. The van der Waals surface area contributed by atoms with Gasteiger partial charge < -0.3 is 68.2 Å². The van der Waals surface area contributed by atoms with Crippen LogP contribution in [0, 0.1) is 46.1 Å². The van der Waals surface area contributed by atoms with Gasteiger partial charge in [-0.2, -0.15) is 0 Å². The maximum absolute atomic E-state index is 12.5. The summed E-state index contributed by atoms with van der Waals surface area (Å²) < 4.78 is 80.8. The number of hydrogen-bond donors (Lipinski definition) is 10. The molecule has 9 fully saturated rings. The third-order valence-electron chi connectivity index (χ3n) is 21.9. The lowest BCUT2D eigenvalue weighted by Gasteiger charge is -2.43. The smallest absolute Gasteiger partial charge is 0.330 e. The van der Waals surface area contributed by atoms with Crippen molar-refractivity contribution in [2.75, 3.05) is 34.0 Å². The first-order valence-corrected chi connectivity index (χ1v) is 40.3. The van der Waals surface area contributed by atoms with Crippen molar-refractivity contribution in [1.82, 2.24) is 62.0 Å². The number of hydrogen-bond acceptors (Lipinski definition) is 25. The summed E-state index contributed by atoms with van der Waals surface area (Å²) in [6.07, 6.45) is 22.6. The number of imidazole rings is 2. The van der Waals surface area contributed by atoms with E-state index in [0.29, 0.717) is 84.8 Å². The van der Waals surface area contributed by atoms with Crippen LogP contribution in [-0.4, -0.2) is 206 Å². The van der Waals surface area contributed by atoms with Gasteiger partial charge in [0.05, 0.1) is 41.7 Å². The van der Waals surface area contributed by atoms with Gasteiger partial charge in [0, 0.05) is 127 Å². The van der Waals surface area contributed by atoms with Gasteiger partial charge in [-0.15, -0.1) is 0 Å². The number of aromatic amines is 4. The second kappa shape index (κ2) is 41.1. The van der Waals surface area contributed by atoms with Crippen molar-refractivity contribution in [2.24, 2.45) is 11.8 Å². The Bertz CT molecular complexity index is 4630. The molecule has 0 bridgehead atoms. The van der Waals surface area contributed by atoms with Crippen LogP contribution in [0.2, 0.25) is 0 Å². The summed E-state index contributed by atoms with van der Waals surface area (Å²) >= 11 is 5.14. The van der Waals surface area contributed by atoms with Crippen LogP contribution in [0.3, 0.4) is 0 Å². The zero-order valence-electron chi connectivity index (χ0n) is 71.2. The number of aliphatic hydroxyl groups is 6. The Labute approximate surface area is 673 Å². The van der Waals surface area contributed by atoms with Crippen molar-refractivity contribution < 1.29 is 66.1 Å². The predicted molar refractivity (Wildman–Crippen MR) is 427 cm³/mol. The first-order valence-electron chi connectivity index (χ1n) is 40.8. The topological polar surface area (TPSA) is 449 Å². The van der Waals surface area contributed by atoms with E-state index in [0.717, 1.165) is 49.7 Å². The van der Waals surface area contributed by atoms with Gasteiger partial charge in [-0.05, 0) is 151 Å². The Morgan fingerprint density at radius 2 is 1.09 bits per heavy atom. The molecule has 4 aliphatic carbocycles. The fraction of sp³-hybridized carbons (Fsp3) is 0.688. The molecule has 0 spiro atoms. The Kier molecular flexibility index (Phi) is 31.0. The zero-order valence-corrected chi connectivity index (χ0v) is 68.9. The summed E-state index contributed by atoms with van der Waals surface area (Å²) in [6.45, 7) is 29.5. The van der Waals surface area contributed by atoms with Gasteiger partial charge in [0.1, 0.15) is 55.3 Å². The van der Waals surface area contributed by atoms with E-state index in [-0.39, 0.29) is 55.2 Å². The van der Waals surface area contributed by atoms with Crippen LogP contribution in [-0.2, 0) is 32.7 Å². The van der Waals surface area contributed by atoms with Gasteiger partial charge in [-0.1, -0.05) is 52.4 Å². The highest BCUT2D eigenvalue weighted by Crippen LogP contribution is 2.58. The van der Waals surface area contributed by atoms with E-state index in [1.807, 2.05) is 6.92 Å². The number of rotatable bonds is 12. The van der Waals surface area contributed by atoms with Crippen LogP contribution in [0.5, 0.6) is 0 Å². The largest absolute Gasteiger partial charge is 0.400 e. The second-order valence-electron chi connectivity index (χ2n) is 30.9. The number of ether oxygens (including phenoxy) is 5. The van der Waals surface area contributed by atoms with Crippen LogP contribution in [0.25, 0.3) is 4.85 Å². The van der Waals surface area contributed by atoms with E-state index in [4.69, 9.17) is 57.1 Å². The van der Waals surface area contributed by atoms with Gasteiger partial charge >= 0.3 is 22.8 Å². The zero-order chi connectivity index (χ0) is 86.9. The highest BCUT2D eigenvalue weighted by atomic mass is 32.1. The van der Waals surface area contributed by atoms with E-state index >= 15 is 0 Å². The summed E-state index contributed by atoms with van der Waals surface area (Å²) in [7, 11) is 1.06. The lowest BCUT2D eigenvalue weighted by Crippen LogP contribution is -2.52. The van der Waals surface area contributed by atoms with E-state index in [1.165, 1.54) is 65.5 Å². The minimum Gasteiger partial charge on any atom is -0.400 e. The summed E-state index contributed by atoms with van der Waals surface area (Å²) in [5, 5.41) is 50.2. The molecule has 0 aromatic carbocycles. The molecular formula is C77H117N14O21PS. The number of aliphatic hydroxyl groups excluding tert-OH is 3. The SMILES string of the molecule is CC1CCCO1.Cc1cn([C@@H]2O[C@H]3[C@@H](C)CCC[C@@]3(O)[C@H]2O)c(=O)[nH]c1=O.Cc1cn([C@H]2C[C@]3(O)CCC[C@H](C)[C@@H]3O2)c(=O)[nH]c1=O.S=C(n1ccnc1)n1ccnc1.[2H][C@@H]1CCC[C@@]2(O)C[C@H](n3cc(C)c(=O)[nH]c3=O)O[C@@H]12.[2H][C@@H]1CCC[C@@]2(OP(OCC[N+]#[C-])N(C(C)C)C(C)C)C[C@H](n3cc(C)c(=O)[nH]c3=O)O[C@@H]12.[3H]OC.[3H]OC.